The number of hydrogen-bond acceptors (Lipinski definition) is 3. The molecule has 0 radical (unpaired) electrons. The summed E-state index contributed by atoms with van der Waals surface area (Å²) >= 11 is 0. The van der Waals surface area contributed by atoms with Gasteiger partial charge >= 0.3 is 0 Å². The van der Waals surface area contributed by atoms with Gasteiger partial charge in [0.25, 0.3) is 8.32 Å². The van der Waals surface area contributed by atoms with Crippen LogP contribution in [0.3, 0.4) is 0 Å². The van der Waals surface area contributed by atoms with Crippen LogP contribution in [0.1, 0.15) is 47.5 Å². The molecule has 3 aliphatic carbocycles. The Labute approximate surface area is 189 Å². The summed E-state index contributed by atoms with van der Waals surface area (Å²) in [6.45, 7) is 12.5. The zero-order valence-electron chi connectivity index (χ0n) is 19.9. The Morgan fingerprint density at radius 1 is 0.935 bits per heavy atom. The largest absolute Gasteiger partial charge is 0.407 e. The molecule has 0 aliphatic heterocycles. The van der Waals surface area contributed by atoms with Gasteiger partial charge in [0.1, 0.15) is 7.11 Å². The molecule has 0 saturated heterocycles. The maximum atomic E-state index is 7.22. The van der Waals surface area contributed by atoms with E-state index in [4.69, 9.17) is 9.26 Å². The van der Waals surface area contributed by atoms with Gasteiger partial charge in [-0.1, -0.05) is 100 Å². The third kappa shape index (κ3) is 3.68. The molecule has 3 aliphatic rings. The zero-order chi connectivity index (χ0) is 22.3. The van der Waals surface area contributed by atoms with Gasteiger partial charge in [0.2, 0.25) is 0 Å². The van der Waals surface area contributed by atoms with Crippen LogP contribution in [0.25, 0.3) is 0 Å². The number of fused-ring (bicyclic) bond motifs is 2. The lowest BCUT2D eigenvalue weighted by molar-refractivity contribution is -0.0234. The Morgan fingerprint density at radius 2 is 1.48 bits per heavy atom. The van der Waals surface area contributed by atoms with Gasteiger partial charge in [0.15, 0.2) is 0 Å². The van der Waals surface area contributed by atoms with Crippen LogP contribution in [0.2, 0.25) is 5.04 Å². The third-order valence-corrected chi connectivity index (χ3v) is 12.9. The molecule has 2 aromatic rings. The molecule has 4 heteroatoms. The van der Waals surface area contributed by atoms with Crippen molar-refractivity contribution in [1.82, 2.24) is 0 Å². The Bertz CT molecular complexity index is 878. The van der Waals surface area contributed by atoms with Crippen LogP contribution in [0.15, 0.2) is 65.8 Å². The van der Waals surface area contributed by atoms with Crippen molar-refractivity contribution < 1.29 is 9.26 Å². The van der Waals surface area contributed by atoms with E-state index in [2.05, 4.69) is 100 Å². The van der Waals surface area contributed by atoms with Crippen molar-refractivity contribution in [1.29, 1.82) is 0 Å². The molecule has 31 heavy (non-hydrogen) atoms. The van der Waals surface area contributed by atoms with Crippen molar-refractivity contribution in [3.63, 3.8) is 0 Å². The quantitative estimate of drug-likeness (QED) is 0.458. The molecule has 0 spiro atoms. The molecule has 0 amide bonds. The smallest absolute Gasteiger partial charge is 0.261 e. The second-order valence-corrected chi connectivity index (χ2v) is 15.2. The molecule has 2 aromatic carbocycles. The first-order chi connectivity index (χ1) is 14.7. The molecule has 0 aromatic heterocycles. The second-order valence-electron chi connectivity index (χ2n) is 10.9. The molecule has 166 valence electrons. The molecule has 5 rings (SSSR count). The zero-order valence-corrected chi connectivity index (χ0v) is 20.9. The van der Waals surface area contributed by atoms with Crippen molar-refractivity contribution >= 4 is 24.4 Å². The molecular formula is C27H37NO2Si. The van der Waals surface area contributed by atoms with Gasteiger partial charge in [-0.05, 0) is 39.6 Å². The van der Waals surface area contributed by atoms with Gasteiger partial charge in [-0.25, -0.2) is 0 Å². The van der Waals surface area contributed by atoms with Crippen molar-refractivity contribution in [2.24, 2.45) is 28.3 Å². The van der Waals surface area contributed by atoms with Crippen molar-refractivity contribution in [3.8, 4) is 0 Å². The van der Waals surface area contributed by atoms with Crippen molar-refractivity contribution in [2.75, 3.05) is 13.7 Å². The fourth-order valence-corrected chi connectivity index (χ4v) is 10.7. The van der Waals surface area contributed by atoms with E-state index in [1.54, 1.807) is 7.11 Å². The van der Waals surface area contributed by atoms with Crippen LogP contribution < -0.4 is 10.4 Å². The molecule has 3 fully saturated rings. The summed E-state index contributed by atoms with van der Waals surface area (Å²) in [4.78, 5) is 5.31. The highest BCUT2D eigenvalue weighted by molar-refractivity contribution is 6.99. The van der Waals surface area contributed by atoms with Crippen LogP contribution in [0, 0.1) is 23.2 Å². The highest BCUT2D eigenvalue weighted by Crippen LogP contribution is 2.59. The van der Waals surface area contributed by atoms with E-state index in [1.807, 2.05) is 0 Å². The molecule has 3 saturated carbocycles. The van der Waals surface area contributed by atoms with Gasteiger partial charge in [-0.15, -0.1) is 0 Å². The van der Waals surface area contributed by atoms with Crippen LogP contribution in [-0.4, -0.2) is 27.7 Å². The molecular weight excluding hydrogens is 398 g/mol. The summed E-state index contributed by atoms with van der Waals surface area (Å²) in [6, 6.07) is 21.8. The summed E-state index contributed by atoms with van der Waals surface area (Å²) in [5.41, 5.74) is 1.54. The average molecular weight is 436 g/mol. The van der Waals surface area contributed by atoms with E-state index in [1.165, 1.54) is 22.5 Å². The van der Waals surface area contributed by atoms with E-state index in [0.29, 0.717) is 23.9 Å². The highest BCUT2D eigenvalue weighted by atomic mass is 28.4. The van der Waals surface area contributed by atoms with E-state index in [0.717, 1.165) is 12.3 Å². The minimum absolute atomic E-state index is 0.00880. The van der Waals surface area contributed by atoms with E-state index in [-0.39, 0.29) is 5.04 Å². The molecule has 3 atom stereocenters. The molecule has 2 bridgehead atoms. The molecule has 3 unspecified atom stereocenters. The van der Waals surface area contributed by atoms with E-state index >= 15 is 0 Å². The highest BCUT2D eigenvalue weighted by Gasteiger charge is 2.57. The Balaban J connectivity index is 1.72. The maximum Gasteiger partial charge on any atom is 0.261 e. The maximum absolute atomic E-state index is 7.22. The lowest BCUT2D eigenvalue weighted by Gasteiger charge is -2.59. The molecule has 0 heterocycles. The van der Waals surface area contributed by atoms with Gasteiger partial charge in [0, 0.05) is 18.4 Å². The Kier molecular flexibility index (Phi) is 5.91. The number of hydrogen-bond donors (Lipinski definition) is 0. The Hall–Kier alpha value is -1.91. The van der Waals surface area contributed by atoms with E-state index in [9.17, 15) is 0 Å². The van der Waals surface area contributed by atoms with Gasteiger partial charge < -0.3 is 9.26 Å². The summed E-state index contributed by atoms with van der Waals surface area (Å²) in [5.74, 6) is 1.60. The molecule has 0 N–H and O–H groups in total. The van der Waals surface area contributed by atoms with Gasteiger partial charge in [-0.2, -0.15) is 0 Å². The number of oxime groups is 1. The van der Waals surface area contributed by atoms with Crippen LogP contribution in [0.5, 0.6) is 0 Å². The first-order valence-corrected chi connectivity index (χ1v) is 13.5. The van der Waals surface area contributed by atoms with Crippen LogP contribution >= 0.6 is 0 Å². The van der Waals surface area contributed by atoms with Crippen LogP contribution in [-0.2, 0) is 9.26 Å². The minimum atomic E-state index is -2.52. The average Bonchev–Trinajstić information content (AvgIpc) is 2.75. The predicted molar refractivity (Wildman–Crippen MR) is 132 cm³/mol. The van der Waals surface area contributed by atoms with Gasteiger partial charge in [-0.3, -0.25) is 0 Å². The number of nitrogens with zero attached hydrogens (tertiary/aromatic N) is 1. The van der Waals surface area contributed by atoms with Crippen molar-refractivity contribution in [2.45, 2.75) is 52.5 Å². The first kappa shape index (κ1) is 22.3. The first-order valence-electron chi connectivity index (χ1n) is 11.6. The standard InChI is InChI=1S/C27H37NO2Si/c1-26(2,3)31(22-13-9-7-10-14-22,23-15-11-8-12-16-23)30-19-20-17-21-18-24(27(21,4)5)25(20)28-29-6/h7-16,20-21,24H,17-19H2,1-6H3. The summed E-state index contributed by atoms with van der Waals surface area (Å²) < 4.78 is 7.22. The summed E-state index contributed by atoms with van der Waals surface area (Å²) in [6.07, 6.45) is 2.38. The monoisotopic (exact) mass is 435 g/mol. The van der Waals surface area contributed by atoms with Crippen LogP contribution in [0.4, 0.5) is 0 Å². The minimum Gasteiger partial charge on any atom is -0.407 e. The molecule has 3 nitrogen and oxygen atoms in total. The number of benzene rings is 2. The lowest BCUT2D eigenvalue weighted by Crippen LogP contribution is -2.67. The van der Waals surface area contributed by atoms with Gasteiger partial charge in [0.05, 0.1) is 5.71 Å². The second kappa shape index (κ2) is 8.21. The van der Waals surface area contributed by atoms with Crippen molar-refractivity contribution in [3.05, 3.63) is 60.7 Å². The fourth-order valence-electron chi connectivity index (χ4n) is 6.05. The Morgan fingerprint density at radius 3 is 1.94 bits per heavy atom. The topological polar surface area (TPSA) is 30.8 Å². The third-order valence-electron chi connectivity index (χ3n) is 7.93. The number of rotatable bonds is 6. The summed E-state index contributed by atoms with van der Waals surface area (Å²) in [5, 5.41) is 7.20. The predicted octanol–water partition coefficient (Wildman–Crippen LogP) is 5.25. The summed E-state index contributed by atoms with van der Waals surface area (Å²) in [7, 11) is -0.853. The lowest BCUT2D eigenvalue weighted by atomic mass is 9.46. The SMILES string of the molecule is CON=C1C(CO[Si](c2ccccc2)(c2ccccc2)C(C)(C)C)CC2CC1C2(C)C. The fraction of sp³-hybridized carbons (Fsp3) is 0.519. The van der Waals surface area contributed by atoms with E-state index < -0.39 is 8.32 Å². The normalized spacial score (nSPS) is 26.4.